The molecule has 0 aliphatic carbocycles. The van der Waals surface area contributed by atoms with Crippen molar-refractivity contribution in [3.05, 3.63) is 82.7 Å². The average molecular weight is 606 g/mol. The van der Waals surface area contributed by atoms with Crippen LogP contribution in [0.2, 0.25) is 0 Å². The molecule has 4 aromatic rings. The fourth-order valence-electron chi connectivity index (χ4n) is 5.79. The van der Waals surface area contributed by atoms with Crippen molar-refractivity contribution >= 4 is 22.6 Å². The minimum Gasteiger partial charge on any atom is -0.362 e. The molecule has 4 heterocycles. The van der Waals surface area contributed by atoms with Gasteiger partial charge in [0.05, 0.1) is 28.1 Å². The zero-order valence-corrected chi connectivity index (χ0v) is 25.5. The third kappa shape index (κ3) is 5.22. The van der Waals surface area contributed by atoms with Crippen LogP contribution in [-0.4, -0.2) is 60.5 Å². The Balaban J connectivity index is 1.91. The molecule has 9 nitrogen and oxygen atoms in total. The van der Waals surface area contributed by atoms with Gasteiger partial charge >= 0.3 is 5.69 Å². The second-order valence-electron chi connectivity index (χ2n) is 11.7. The Hall–Kier alpha value is -4.61. The number of hydrogen-bond donors (Lipinski definition) is 0. The zero-order chi connectivity index (χ0) is 32.0. The van der Waals surface area contributed by atoms with E-state index in [0.717, 1.165) is 12.1 Å². The van der Waals surface area contributed by atoms with Crippen LogP contribution in [0.4, 0.5) is 18.9 Å². The fourth-order valence-corrected chi connectivity index (χ4v) is 5.79. The molecule has 0 spiro atoms. The molecule has 1 aliphatic heterocycles. The van der Waals surface area contributed by atoms with E-state index in [1.807, 2.05) is 41.5 Å². The lowest BCUT2D eigenvalue weighted by molar-refractivity contribution is -0.128. The van der Waals surface area contributed by atoms with Crippen LogP contribution in [0.5, 0.6) is 0 Å². The summed E-state index contributed by atoms with van der Waals surface area (Å²) in [6.07, 6.45) is 3.93. The molecule has 1 aromatic carbocycles. The van der Waals surface area contributed by atoms with Gasteiger partial charge in [-0.1, -0.05) is 34.3 Å². The topological polar surface area (TPSA) is 97.1 Å². The predicted molar refractivity (Wildman–Crippen MR) is 162 cm³/mol. The van der Waals surface area contributed by atoms with Crippen LogP contribution >= 0.6 is 0 Å². The van der Waals surface area contributed by atoms with E-state index in [1.54, 1.807) is 9.80 Å². The molecule has 230 valence electrons. The van der Waals surface area contributed by atoms with Crippen LogP contribution in [0.25, 0.3) is 28.0 Å². The molecule has 2 atom stereocenters. The van der Waals surface area contributed by atoms with E-state index in [0.29, 0.717) is 23.1 Å². The van der Waals surface area contributed by atoms with Crippen LogP contribution < -0.4 is 10.6 Å². The maximum Gasteiger partial charge on any atom is 0.353 e. The number of carbonyl (C=O) groups excluding carboxylic acids is 1. The van der Waals surface area contributed by atoms with Gasteiger partial charge in [-0.2, -0.15) is 0 Å². The molecule has 1 amide bonds. The number of hydrogen-bond acceptors (Lipinski definition) is 7. The minimum atomic E-state index is -1.01. The monoisotopic (exact) mass is 605 g/mol. The Morgan fingerprint density at radius 2 is 1.64 bits per heavy atom. The normalized spacial score (nSPS) is 17.2. The number of amides is 1. The van der Waals surface area contributed by atoms with Crippen LogP contribution in [-0.2, 0) is 4.79 Å². The summed E-state index contributed by atoms with van der Waals surface area (Å²) in [5.74, 6) is -3.24. The van der Waals surface area contributed by atoms with E-state index in [4.69, 9.17) is 0 Å². The van der Waals surface area contributed by atoms with Crippen LogP contribution in [0.3, 0.4) is 0 Å². The minimum absolute atomic E-state index is 0.0168. The average Bonchev–Trinajstić information content (AvgIpc) is 2.97. The molecule has 0 radical (unpaired) electrons. The number of halogens is 3. The number of benzene rings is 1. The third-order valence-electron chi connectivity index (χ3n) is 7.95. The second kappa shape index (κ2) is 11.8. The third-order valence-corrected chi connectivity index (χ3v) is 7.95. The molecule has 5 rings (SSSR count). The molecule has 1 fully saturated rings. The molecule has 0 N–H and O–H groups in total. The van der Waals surface area contributed by atoms with Gasteiger partial charge in [0, 0.05) is 43.0 Å². The molecule has 44 heavy (non-hydrogen) atoms. The Kier molecular flexibility index (Phi) is 8.28. The smallest absolute Gasteiger partial charge is 0.353 e. The van der Waals surface area contributed by atoms with Gasteiger partial charge in [0.1, 0.15) is 23.7 Å². The molecular formula is C32H34F3N7O2. The van der Waals surface area contributed by atoms with Gasteiger partial charge in [-0.3, -0.25) is 4.79 Å². The van der Waals surface area contributed by atoms with E-state index in [2.05, 4.69) is 26.5 Å². The molecule has 0 bridgehead atoms. The summed E-state index contributed by atoms with van der Waals surface area (Å²) in [5, 5.41) is 0.198. The molecule has 12 heteroatoms. The number of pyridine rings is 1. The lowest BCUT2D eigenvalue weighted by atomic mass is 10.0. The molecular weight excluding hydrogens is 571 g/mol. The van der Waals surface area contributed by atoms with Crippen molar-refractivity contribution in [1.82, 2.24) is 29.4 Å². The number of rotatable bonds is 6. The van der Waals surface area contributed by atoms with E-state index in [9.17, 15) is 14.0 Å². The van der Waals surface area contributed by atoms with Gasteiger partial charge in [0.15, 0.2) is 11.5 Å². The largest absolute Gasteiger partial charge is 0.362 e. The second-order valence-corrected chi connectivity index (χ2v) is 11.7. The lowest BCUT2D eigenvalue weighted by Gasteiger charge is -2.45. The van der Waals surface area contributed by atoms with Crippen LogP contribution in [0, 0.1) is 17.5 Å². The van der Waals surface area contributed by atoms with Crippen molar-refractivity contribution < 1.29 is 18.0 Å². The summed E-state index contributed by atoms with van der Waals surface area (Å²) < 4.78 is 47.2. The van der Waals surface area contributed by atoms with Gasteiger partial charge in [0.2, 0.25) is 5.91 Å². The zero-order valence-electron chi connectivity index (χ0n) is 25.5. The van der Waals surface area contributed by atoms with Gasteiger partial charge in [-0.25, -0.2) is 42.5 Å². The summed E-state index contributed by atoms with van der Waals surface area (Å²) in [4.78, 5) is 47.2. The van der Waals surface area contributed by atoms with E-state index < -0.39 is 34.9 Å². The number of nitrogens with zero attached hydrogens (tertiary/aromatic N) is 7. The summed E-state index contributed by atoms with van der Waals surface area (Å²) in [5.41, 5.74) is 0.164. The molecule has 1 aliphatic rings. The SMILES string of the molecule is C=CC(=O)N1C[C@H](C)N(c2c(F)c(-c3ccc(F)cc3F)nc3c2cnc(=O)n3-c2c(C(C)C)ncnc2C(C)C)C[C@H]1C. The summed E-state index contributed by atoms with van der Waals surface area (Å²) in [6.45, 7) is 15.4. The van der Waals surface area contributed by atoms with Crippen LogP contribution in [0.15, 0.2) is 48.2 Å². The van der Waals surface area contributed by atoms with Crippen molar-refractivity contribution in [2.75, 3.05) is 18.0 Å². The summed E-state index contributed by atoms with van der Waals surface area (Å²) in [6, 6.07) is 2.05. The van der Waals surface area contributed by atoms with Crippen molar-refractivity contribution in [2.45, 2.75) is 65.5 Å². The maximum atomic E-state index is 16.8. The van der Waals surface area contributed by atoms with E-state index >= 15 is 8.78 Å². The standard InChI is InChI=1S/C32H34F3N7O2/c1-8-24(43)40-13-19(7)41(14-18(40)6)29-22-12-36-32(44)42(30-26(16(2)3)37-15-38-27(30)17(4)5)31(22)39-28(25(29)35)21-10-9-20(33)11-23(21)34/h8-12,15-19H,1,13-14H2,2-7H3/t18-,19+/m1/s1. The van der Waals surface area contributed by atoms with Crippen molar-refractivity contribution in [3.63, 3.8) is 0 Å². The predicted octanol–water partition coefficient (Wildman–Crippen LogP) is 5.51. The first-order chi connectivity index (χ1) is 20.8. The summed E-state index contributed by atoms with van der Waals surface area (Å²) >= 11 is 0. The van der Waals surface area contributed by atoms with Gasteiger partial charge in [-0.15, -0.1) is 0 Å². The van der Waals surface area contributed by atoms with E-state index in [-0.39, 0.29) is 59.2 Å². The fraction of sp³-hybridized carbons (Fsp3) is 0.375. The molecule has 0 unspecified atom stereocenters. The maximum absolute atomic E-state index is 16.8. The van der Waals surface area contributed by atoms with Crippen molar-refractivity contribution in [3.8, 4) is 16.9 Å². The first-order valence-electron chi connectivity index (χ1n) is 14.5. The van der Waals surface area contributed by atoms with Crippen molar-refractivity contribution in [2.24, 2.45) is 0 Å². The highest BCUT2D eigenvalue weighted by molar-refractivity contribution is 5.94. The summed E-state index contributed by atoms with van der Waals surface area (Å²) in [7, 11) is 0. The molecule has 0 saturated carbocycles. The number of anilines is 1. The Bertz CT molecular complexity index is 1810. The number of carbonyl (C=O) groups is 1. The van der Waals surface area contributed by atoms with Gasteiger partial charge < -0.3 is 9.80 Å². The quantitative estimate of drug-likeness (QED) is 0.267. The van der Waals surface area contributed by atoms with Crippen molar-refractivity contribution in [1.29, 1.82) is 0 Å². The highest BCUT2D eigenvalue weighted by Crippen LogP contribution is 2.39. The molecule has 3 aromatic heterocycles. The highest BCUT2D eigenvalue weighted by Gasteiger charge is 2.35. The number of aromatic nitrogens is 5. The van der Waals surface area contributed by atoms with Crippen LogP contribution in [0.1, 0.15) is 64.8 Å². The number of fused-ring (bicyclic) bond motifs is 1. The first kappa shape index (κ1) is 30.8. The van der Waals surface area contributed by atoms with Gasteiger partial charge in [-0.05, 0) is 43.9 Å². The highest BCUT2D eigenvalue weighted by atomic mass is 19.1. The first-order valence-corrected chi connectivity index (χ1v) is 14.5. The Labute approximate surface area is 253 Å². The molecule has 1 saturated heterocycles. The Morgan fingerprint density at radius 1 is 0.977 bits per heavy atom. The van der Waals surface area contributed by atoms with E-state index in [1.165, 1.54) is 23.2 Å². The Morgan fingerprint density at radius 3 is 2.23 bits per heavy atom. The number of piperazine rings is 1. The lowest BCUT2D eigenvalue weighted by Crippen LogP contribution is -2.58. The van der Waals surface area contributed by atoms with Gasteiger partial charge in [0.25, 0.3) is 0 Å².